The maximum atomic E-state index is 14.3. The van der Waals surface area contributed by atoms with E-state index in [4.69, 9.17) is 14.2 Å². The molecule has 0 aromatic heterocycles. The number of amides is 3. The standard InChI is InChI=1S/C32H44N4O7/c1-4-13-34(16-15-33-18-21-41-22-19-33)31(40)28-32-12-11-25(43-32)26(27(32)30(39)36(28)17-20-37)29(38)35(14-5-2)23-7-9-24(10-8-23)42-6-3/h4-5,7-10,25-28,37H,1-2,6,11-22H2,3H3/t25-,26+,27-,28?,32?/m0/s1. The zero-order chi connectivity index (χ0) is 30.6. The average molecular weight is 597 g/mol. The zero-order valence-electron chi connectivity index (χ0n) is 25.1. The molecule has 11 nitrogen and oxygen atoms in total. The van der Waals surface area contributed by atoms with Gasteiger partial charge in [-0.1, -0.05) is 12.2 Å². The van der Waals surface area contributed by atoms with E-state index < -0.39 is 29.6 Å². The highest BCUT2D eigenvalue weighted by atomic mass is 16.5. The van der Waals surface area contributed by atoms with Crippen molar-refractivity contribution in [1.82, 2.24) is 14.7 Å². The molecular formula is C32H44N4O7. The number of benzene rings is 1. The first-order valence-corrected chi connectivity index (χ1v) is 15.3. The maximum Gasteiger partial charge on any atom is 0.248 e. The van der Waals surface area contributed by atoms with Crippen LogP contribution >= 0.6 is 0 Å². The Morgan fingerprint density at radius 1 is 1.12 bits per heavy atom. The number of fused-ring (bicyclic) bond motifs is 1. The number of aliphatic hydroxyl groups excluding tert-OH is 1. The summed E-state index contributed by atoms with van der Waals surface area (Å²) in [5.41, 5.74) is -0.471. The van der Waals surface area contributed by atoms with Crippen LogP contribution in [0.2, 0.25) is 0 Å². The molecule has 5 atom stereocenters. The van der Waals surface area contributed by atoms with E-state index >= 15 is 0 Å². The number of nitrogens with zero attached hydrogens (tertiary/aromatic N) is 4. The van der Waals surface area contributed by atoms with Crippen LogP contribution in [-0.2, 0) is 23.9 Å². The Hall–Kier alpha value is -3.25. The molecule has 1 aromatic rings. The van der Waals surface area contributed by atoms with Gasteiger partial charge in [-0.2, -0.15) is 0 Å². The molecule has 43 heavy (non-hydrogen) atoms. The summed E-state index contributed by atoms with van der Waals surface area (Å²) in [5, 5.41) is 9.94. The topological polar surface area (TPSA) is 112 Å². The summed E-state index contributed by atoms with van der Waals surface area (Å²) in [7, 11) is 0. The molecule has 1 N–H and O–H groups in total. The van der Waals surface area contributed by atoms with E-state index in [1.807, 2.05) is 31.2 Å². The second-order valence-electron chi connectivity index (χ2n) is 11.5. The van der Waals surface area contributed by atoms with Crippen LogP contribution in [0.4, 0.5) is 5.69 Å². The zero-order valence-corrected chi connectivity index (χ0v) is 25.1. The van der Waals surface area contributed by atoms with Gasteiger partial charge in [0.1, 0.15) is 17.4 Å². The Balaban J connectivity index is 1.43. The number of anilines is 1. The molecule has 3 amide bonds. The van der Waals surface area contributed by atoms with Crippen LogP contribution in [0, 0.1) is 11.8 Å². The van der Waals surface area contributed by atoms with Crippen LogP contribution < -0.4 is 9.64 Å². The van der Waals surface area contributed by atoms with Crippen LogP contribution in [0.15, 0.2) is 49.6 Å². The highest BCUT2D eigenvalue weighted by Gasteiger charge is 2.74. The predicted octanol–water partition coefficient (Wildman–Crippen LogP) is 1.32. The molecule has 4 aliphatic rings. The van der Waals surface area contributed by atoms with Gasteiger partial charge >= 0.3 is 0 Å². The van der Waals surface area contributed by atoms with Crippen molar-refractivity contribution in [3.63, 3.8) is 0 Å². The summed E-state index contributed by atoms with van der Waals surface area (Å²) in [4.78, 5) is 49.8. The van der Waals surface area contributed by atoms with Gasteiger partial charge in [0.25, 0.3) is 0 Å². The van der Waals surface area contributed by atoms with Gasteiger partial charge in [-0.05, 0) is 44.0 Å². The lowest BCUT2D eigenvalue weighted by Crippen LogP contribution is -2.57. The molecule has 4 heterocycles. The van der Waals surface area contributed by atoms with Crippen LogP contribution in [-0.4, -0.2) is 128 Å². The first-order chi connectivity index (χ1) is 20.9. The SMILES string of the molecule is C=CCN(CCN1CCOCC1)C(=O)C1N(CCO)C(=O)[C@@H]2[C@H](C(=O)N(CC=C)c3ccc(OCC)cc3)[C@@H]3CCC12O3. The number of morpholine rings is 1. The van der Waals surface area contributed by atoms with Crippen molar-refractivity contribution < 1.29 is 33.7 Å². The smallest absolute Gasteiger partial charge is 0.248 e. The van der Waals surface area contributed by atoms with Crippen molar-refractivity contribution in [1.29, 1.82) is 0 Å². The van der Waals surface area contributed by atoms with Gasteiger partial charge in [0.2, 0.25) is 17.7 Å². The Morgan fingerprint density at radius 3 is 2.49 bits per heavy atom. The van der Waals surface area contributed by atoms with Crippen molar-refractivity contribution in [2.45, 2.75) is 37.5 Å². The number of carbonyl (C=O) groups excluding carboxylic acids is 3. The summed E-state index contributed by atoms with van der Waals surface area (Å²) in [6.45, 7) is 14.4. The van der Waals surface area contributed by atoms with E-state index in [1.54, 1.807) is 22.0 Å². The van der Waals surface area contributed by atoms with Crippen LogP contribution in [0.1, 0.15) is 19.8 Å². The van der Waals surface area contributed by atoms with E-state index in [9.17, 15) is 19.5 Å². The number of rotatable bonds is 14. The third-order valence-electron chi connectivity index (χ3n) is 9.15. The molecule has 5 rings (SSSR count). The van der Waals surface area contributed by atoms with Gasteiger partial charge in [-0.3, -0.25) is 19.3 Å². The van der Waals surface area contributed by atoms with Crippen molar-refractivity contribution in [2.24, 2.45) is 11.8 Å². The van der Waals surface area contributed by atoms with Gasteiger partial charge in [0, 0.05) is 51.5 Å². The Morgan fingerprint density at radius 2 is 1.84 bits per heavy atom. The fraction of sp³-hybridized carbons (Fsp3) is 0.594. The maximum absolute atomic E-state index is 14.3. The molecule has 2 bridgehead atoms. The largest absolute Gasteiger partial charge is 0.494 e. The predicted molar refractivity (Wildman–Crippen MR) is 161 cm³/mol. The minimum absolute atomic E-state index is 0.0108. The summed E-state index contributed by atoms with van der Waals surface area (Å²) in [6.07, 6.45) is 3.91. The second kappa shape index (κ2) is 13.6. The van der Waals surface area contributed by atoms with E-state index in [2.05, 4.69) is 18.1 Å². The van der Waals surface area contributed by atoms with Gasteiger partial charge in [-0.15, -0.1) is 13.2 Å². The first kappa shape index (κ1) is 31.2. The molecule has 0 saturated carbocycles. The molecular weight excluding hydrogens is 552 g/mol. The third-order valence-corrected chi connectivity index (χ3v) is 9.15. The normalized spacial score (nSPS) is 28.0. The van der Waals surface area contributed by atoms with Crippen LogP contribution in [0.3, 0.4) is 0 Å². The number of aliphatic hydroxyl groups is 1. The molecule has 11 heteroatoms. The number of ether oxygens (including phenoxy) is 3. The molecule has 4 saturated heterocycles. The number of hydrogen-bond donors (Lipinski definition) is 1. The summed E-state index contributed by atoms with van der Waals surface area (Å²) in [6, 6.07) is 6.33. The third kappa shape index (κ3) is 5.83. The summed E-state index contributed by atoms with van der Waals surface area (Å²) >= 11 is 0. The number of carbonyl (C=O) groups is 3. The minimum atomic E-state index is -1.13. The monoisotopic (exact) mass is 596 g/mol. The second-order valence-corrected chi connectivity index (χ2v) is 11.5. The molecule has 4 fully saturated rings. The molecule has 2 unspecified atom stereocenters. The highest BCUT2D eigenvalue weighted by molar-refractivity contribution is 6.03. The van der Waals surface area contributed by atoms with Crippen molar-refractivity contribution in [3.8, 4) is 5.75 Å². The molecule has 4 aliphatic heterocycles. The van der Waals surface area contributed by atoms with Crippen molar-refractivity contribution in [3.05, 3.63) is 49.6 Å². The summed E-state index contributed by atoms with van der Waals surface area (Å²) < 4.78 is 17.6. The molecule has 0 radical (unpaired) electrons. The van der Waals surface area contributed by atoms with E-state index in [0.717, 1.165) is 13.1 Å². The average Bonchev–Trinajstić information content (AvgIpc) is 3.66. The fourth-order valence-corrected chi connectivity index (χ4v) is 7.29. The fourth-order valence-electron chi connectivity index (χ4n) is 7.29. The molecule has 0 aliphatic carbocycles. The van der Waals surface area contributed by atoms with Crippen LogP contribution in [0.5, 0.6) is 5.75 Å². The quantitative estimate of drug-likeness (QED) is 0.320. The summed E-state index contributed by atoms with van der Waals surface area (Å²) in [5.74, 6) is -1.66. The van der Waals surface area contributed by atoms with Crippen LogP contribution in [0.25, 0.3) is 0 Å². The molecule has 234 valence electrons. The van der Waals surface area contributed by atoms with Gasteiger partial charge in [0.05, 0.1) is 44.4 Å². The van der Waals surface area contributed by atoms with Gasteiger partial charge in [-0.25, -0.2) is 0 Å². The van der Waals surface area contributed by atoms with Crippen molar-refractivity contribution >= 4 is 23.4 Å². The van der Waals surface area contributed by atoms with Gasteiger partial charge < -0.3 is 34.0 Å². The Labute approximate surface area is 253 Å². The molecule has 1 aromatic carbocycles. The minimum Gasteiger partial charge on any atom is -0.494 e. The lowest BCUT2D eigenvalue weighted by Gasteiger charge is -2.37. The Kier molecular flexibility index (Phi) is 9.85. The molecule has 1 spiro atoms. The highest BCUT2D eigenvalue weighted by Crippen LogP contribution is 2.59. The van der Waals surface area contributed by atoms with E-state index in [-0.39, 0.29) is 37.4 Å². The number of hydrogen-bond acceptors (Lipinski definition) is 8. The number of likely N-dealkylation sites (tertiary alicyclic amines) is 1. The van der Waals surface area contributed by atoms with Gasteiger partial charge in [0.15, 0.2) is 0 Å². The first-order valence-electron chi connectivity index (χ1n) is 15.3. The van der Waals surface area contributed by atoms with Crippen molar-refractivity contribution in [2.75, 3.05) is 77.1 Å². The van der Waals surface area contributed by atoms with E-state index in [0.29, 0.717) is 63.7 Å². The lowest BCUT2D eigenvalue weighted by atomic mass is 9.70. The lowest BCUT2D eigenvalue weighted by molar-refractivity contribution is -0.148. The van der Waals surface area contributed by atoms with E-state index in [1.165, 1.54) is 4.90 Å². The Bertz CT molecular complexity index is 1190. The number of β-amino-alcohol motifs (C(OH)–C–C–N with tert-alkyl or cyclic N) is 1.